The normalized spacial score (nSPS) is 10.6. The molecule has 0 aliphatic carbocycles. The molecule has 0 unspecified atom stereocenters. The average molecular weight is 273 g/mol. The molecular weight excluding hydrogens is 253 g/mol. The highest BCUT2D eigenvalue weighted by Gasteiger charge is 2.10. The van der Waals surface area contributed by atoms with E-state index in [1.807, 2.05) is 36.4 Å². The molecule has 0 atom stereocenters. The maximum Gasteiger partial charge on any atom is 0.125 e. The smallest absolute Gasteiger partial charge is 0.125 e. The third-order valence-electron chi connectivity index (χ3n) is 3.24. The number of para-hydroxylation sites is 1. The molecule has 0 radical (unpaired) electrons. The van der Waals surface area contributed by atoms with E-state index in [9.17, 15) is 9.50 Å². The van der Waals surface area contributed by atoms with Crippen LogP contribution in [0.25, 0.3) is 0 Å². The monoisotopic (exact) mass is 273 g/mol. The Morgan fingerprint density at radius 1 is 1.05 bits per heavy atom. The van der Waals surface area contributed by atoms with Crippen molar-refractivity contribution in [3.63, 3.8) is 0 Å². The van der Waals surface area contributed by atoms with Gasteiger partial charge in [-0.25, -0.2) is 4.39 Å². The van der Waals surface area contributed by atoms with E-state index in [-0.39, 0.29) is 12.4 Å². The van der Waals surface area contributed by atoms with Gasteiger partial charge in [-0.15, -0.1) is 0 Å². The first-order chi connectivity index (χ1) is 9.74. The summed E-state index contributed by atoms with van der Waals surface area (Å²) in [6.07, 6.45) is 2.10. The zero-order valence-electron chi connectivity index (χ0n) is 11.7. The van der Waals surface area contributed by atoms with Crippen LogP contribution < -0.4 is 4.90 Å². The number of rotatable bonds is 6. The fourth-order valence-corrected chi connectivity index (χ4v) is 2.21. The SMILES string of the molecule is CCCCN(c1ccccc1)c1cc(F)cc(CO)c1. The first kappa shape index (κ1) is 14.5. The minimum absolute atomic E-state index is 0.152. The maximum absolute atomic E-state index is 13.7. The number of hydrogen-bond donors (Lipinski definition) is 1. The highest BCUT2D eigenvalue weighted by Crippen LogP contribution is 2.27. The quantitative estimate of drug-likeness (QED) is 0.850. The summed E-state index contributed by atoms with van der Waals surface area (Å²) in [6, 6.07) is 14.7. The molecule has 3 heteroatoms. The Morgan fingerprint density at radius 3 is 2.45 bits per heavy atom. The number of unbranched alkanes of at least 4 members (excludes halogenated alkanes) is 1. The Kier molecular flexibility index (Phi) is 5.13. The van der Waals surface area contributed by atoms with Gasteiger partial charge in [-0.05, 0) is 42.3 Å². The number of halogens is 1. The third kappa shape index (κ3) is 3.58. The molecule has 0 aliphatic rings. The summed E-state index contributed by atoms with van der Waals surface area (Å²) in [4.78, 5) is 2.09. The van der Waals surface area contributed by atoms with Crippen molar-refractivity contribution < 1.29 is 9.50 Å². The summed E-state index contributed by atoms with van der Waals surface area (Å²) in [7, 11) is 0. The van der Waals surface area contributed by atoms with Crippen LogP contribution in [0.5, 0.6) is 0 Å². The number of aliphatic hydroxyl groups is 1. The van der Waals surface area contributed by atoms with Gasteiger partial charge in [0, 0.05) is 17.9 Å². The van der Waals surface area contributed by atoms with Crippen molar-refractivity contribution in [2.24, 2.45) is 0 Å². The van der Waals surface area contributed by atoms with E-state index in [1.54, 1.807) is 0 Å². The highest BCUT2D eigenvalue weighted by molar-refractivity contribution is 5.63. The number of anilines is 2. The fraction of sp³-hybridized carbons (Fsp3) is 0.294. The molecule has 0 heterocycles. The largest absolute Gasteiger partial charge is 0.392 e. The Bertz CT molecular complexity index is 542. The minimum atomic E-state index is -0.316. The Balaban J connectivity index is 2.38. The molecule has 0 spiro atoms. The fourth-order valence-electron chi connectivity index (χ4n) is 2.21. The van der Waals surface area contributed by atoms with Crippen molar-refractivity contribution >= 4 is 11.4 Å². The highest BCUT2D eigenvalue weighted by atomic mass is 19.1. The lowest BCUT2D eigenvalue weighted by Gasteiger charge is -2.25. The third-order valence-corrected chi connectivity index (χ3v) is 3.24. The van der Waals surface area contributed by atoms with E-state index >= 15 is 0 Å². The van der Waals surface area contributed by atoms with Gasteiger partial charge < -0.3 is 10.0 Å². The van der Waals surface area contributed by atoms with Crippen molar-refractivity contribution in [1.82, 2.24) is 0 Å². The Labute approximate surface area is 119 Å². The first-order valence-corrected chi connectivity index (χ1v) is 6.97. The standard InChI is InChI=1S/C17H20FNO/c1-2-3-9-19(16-7-5-4-6-8-16)17-11-14(13-20)10-15(18)12-17/h4-8,10-12,20H,2-3,9,13H2,1H3. The van der Waals surface area contributed by atoms with Gasteiger partial charge in [0.05, 0.1) is 6.61 Å². The van der Waals surface area contributed by atoms with Crippen molar-refractivity contribution in [1.29, 1.82) is 0 Å². The van der Waals surface area contributed by atoms with E-state index in [1.165, 1.54) is 12.1 Å². The zero-order chi connectivity index (χ0) is 14.4. The molecule has 0 aliphatic heterocycles. The molecular formula is C17H20FNO. The predicted molar refractivity (Wildman–Crippen MR) is 80.7 cm³/mol. The van der Waals surface area contributed by atoms with Crippen molar-refractivity contribution in [3.8, 4) is 0 Å². The molecule has 106 valence electrons. The summed E-state index contributed by atoms with van der Waals surface area (Å²) in [5, 5.41) is 9.23. The molecule has 0 saturated carbocycles. The molecule has 0 amide bonds. The molecule has 2 rings (SSSR count). The second kappa shape index (κ2) is 7.06. The number of benzene rings is 2. The predicted octanol–water partition coefficient (Wildman–Crippen LogP) is 4.26. The van der Waals surface area contributed by atoms with Crippen molar-refractivity contribution in [3.05, 3.63) is 59.9 Å². The number of hydrogen-bond acceptors (Lipinski definition) is 2. The average Bonchev–Trinajstić information content (AvgIpc) is 2.48. The molecule has 0 bridgehead atoms. The van der Waals surface area contributed by atoms with Crippen molar-refractivity contribution in [2.45, 2.75) is 26.4 Å². The van der Waals surface area contributed by atoms with Gasteiger partial charge in [0.2, 0.25) is 0 Å². The molecule has 2 aromatic rings. The molecule has 20 heavy (non-hydrogen) atoms. The van der Waals surface area contributed by atoms with Crippen molar-refractivity contribution in [2.75, 3.05) is 11.4 Å². The summed E-state index contributed by atoms with van der Waals surface area (Å²) in [5.41, 5.74) is 2.42. The molecule has 2 nitrogen and oxygen atoms in total. The van der Waals surface area contributed by atoms with Gasteiger partial charge in [-0.2, -0.15) is 0 Å². The van der Waals surface area contributed by atoms with E-state index in [0.29, 0.717) is 5.56 Å². The molecule has 1 N–H and O–H groups in total. The Morgan fingerprint density at radius 2 is 1.80 bits per heavy atom. The van der Waals surface area contributed by atoms with E-state index < -0.39 is 0 Å². The van der Waals surface area contributed by atoms with Crippen LogP contribution in [0, 0.1) is 5.82 Å². The molecule has 0 saturated heterocycles. The summed E-state index contributed by atoms with van der Waals surface area (Å²) in [5.74, 6) is -0.316. The van der Waals surface area contributed by atoms with E-state index in [2.05, 4.69) is 11.8 Å². The zero-order valence-corrected chi connectivity index (χ0v) is 11.7. The van der Waals surface area contributed by atoms with Gasteiger partial charge in [-0.3, -0.25) is 0 Å². The van der Waals surface area contributed by atoms with Gasteiger partial charge in [0.25, 0.3) is 0 Å². The number of nitrogens with zero attached hydrogens (tertiary/aromatic N) is 1. The van der Waals surface area contributed by atoms with Crippen LogP contribution in [-0.2, 0) is 6.61 Å². The molecule has 0 aromatic heterocycles. The van der Waals surface area contributed by atoms with Gasteiger partial charge in [0.1, 0.15) is 5.82 Å². The van der Waals surface area contributed by atoms with Crippen LogP contribution in [0.15, 0.2) is 48.5 Å². The topological polar surface area (TPSA) is 23.5 Å². The second-order valence-corrected chi connectivity index (χ2v) is 4.82. The summed E-state index contributed by atoms with van der Waals surface area (Å²) < 4.78 is 13.7. The van der Waals surface area contributed by atoms with Crippen LogP contribution in [0.1, 0.15) is 25.3 Å². The lowest BCUT2D eigenvalue weighted by molar-refractivity contribution is 0.281. The van der Waals surface area contributed by atoms with Crippen LogP contribution in [0.4, 0.5) is 15.8 Å². The lowest BCUT2D eigenvalue weighted by atomic mass is 10.1. The first-order valence-electron chi connectivity index (χ1n) is 6.97. The van der Waals surface area contributed by atoms with Crippen LogP contribution >= 0.6 is 0 Å². The van der Waals surface area contributed by atoms with E-state index in [4.69, 9.17) is 0 Å². The van der Waals surface area contributed by atoms with Gasteiger partial charge >= 0.3 is 0 Å². The maximum atomic E-state index is 13.7. The summed E-state index contributed by atoms with van der Waals surface area (Å²) in [6.45, 7) is 2.81. The van der Waals surface area contributed by atoms with Crippen LogP contribution in [0.3, 0.4) is 0 Å². The Hall–Kier alpha value is -1.87. The van der Waals surface area contributed by atoms with Gasteiger partial charge in [-0.1, -0.05) is 31.5 Å². The number of aliphatic hydroxyl groups excluding tert-OH is 1. The van der Waals surface area contributed by atoms with Crippen LogP contribution in [-0.4, -0.2) is 11.7 Å². The second-order valence-electron chi connectivity index (χ2n) is 4.82. The van der Waals surface area contributed by atoms with E-state index in [0.717, 1.165) is 30.8 Å². The molecule has 0 fully saturated rings. The van der Waals surface area contributed by atoms with Crippen LogP contribution in [0.2, 0.25) is 0 Å². The minimum Gasteiger partial charge on any atom is -0.392 e. The summed E-state index contributed by atoms with van der Waals surface area (Å²) >= 11 is 0. The van der Waals surface area contributed by atoms with Gasteiger partial charge in [0.15, 0.2) is 0 Å². The lowest BCUT2D eigenvalue weighted by Crippen LogP contribution is -2.18. The molecule has 2 aromatic carbocycles.